The molecule has 0 aliphatic carbocycles. The SMILES string of the molecule is CCN1C(=O)C[C@H](C(C(=O)OC)C(=O)c2ccc(OC)cc2)C1=O. The van der Waals surface area contributed by atoms with Crippen molar-refractivity contribution < 1.29 is 28.7 Å². The number of nitrogens with zero attached hydrogens (tertiary/aromatic N) is 1. The predicted molar refractivity (Wildman–Crippen MR) is 83.3 cm³/mol. The summed E-state index contributed by atoms with van der Waals surface area (Å²) >= 11 is 0. The number of carbonyl (C=O) groups is 4. The van der Waals surface area contributed by atoms with E-state index in [9.17, 15) is 19.2 Å². The summed E-state index contributed by atoms with van der Waals surface area (Å²) in [5, 5.41) is 0. The van der Waals surface area contributed by atoms with Crippen molar-refractivity contribution in [3.63, 3.8) is 0 Å². The fourth-order valence-electron chi connectivity index (χ4n) is 2.82. The lowest BCUT2D eigenvalue weighted by Crippen LogP contribution is -2.38. The molecule has 2 atom stereocenters. The summed E-state index contributed by atoms with van der Waals surface area (Å²) in [6.45, 7) is 1.87. The number of hydrogen-bond donors (Lipinski definition) is 0. The van der Waals surface area contributed by atoms with Gasteiger partial charge in [0.05, 0.1) is 20.1 Å². The Hall–Kier alpha value is -2.70. The number of imide groups is 1. The summed E-state index contributed by atoms with van der Waals surface area (Å²) in [5.41, 5.74) is 0.251. The van der Waals surface area contributed by atoms with Crippen molar-refractivity contribution in [3.8, 4) is 5.75 Å². The lowest BCUT2D eigenvalue weighted by Gasteiger charge is -2.19. The first-order chi connectivity index (χ1) is 11.4. The molecule has 2 rings (SSSR count). The number of rotatable bonds is 6. The van der Waals surface area contributed by atoms with Gasteiger partial charge in [-0.25, -0.2) is 0 Å². The van der Waals surface area contributed by atoms with Gasteiger partial charge in [-0.2, -0.15) is 0 Å². The second-order valence-corrected chi connectivity index (χ2v) is 5.38. The maximum Gasteiger partial charge on any atom is 0.317 e. The molecule has 0 saturated carbocycles. The monoisotopic (exact) mass is 333 g/mol. The maximum atomic E-state index is 12.8. The topological polar surface area (TPSA) is 90.0 Å². The molecule has 1 saturated heterocycles. The van der Waals surface area contributed by atoms with Gasteiger partial charge in [-0.1, -0.05) is 0 Å². The van der Waals surface area contributed by atoms with Crippen LogP contribution < -0.4 is 4.74 Å². The molecule has 7 heteroatoms. The first kappa shape index (κ1) is 17.7. The molecule has 2 amide bonds. The molecule has 1 aliphatic rings. The average molecular weight is 333 g/mol. The van der Waals surface area contributed by atoms with Crippen molar-refractivity contribution in [1.82, 2.24) is 4.90 Å². The molecule has 1 aromatic carbocycles. The highest BCUT2D eigenvalue weighted by Gasteiger charge is 2.48. The normalized spacial score (nSPS) is 18.5. The van der Waals surface area contributed by atoms with Gasteiger partial charge in [0.15, 0.2) is 5.78 Å². The van der Waals surface area contributed by atoms with Gasteiger partial charge in [0, 0.05) is 18.5 Å². The molecule has 0 radical (unpaired) electrons. The first-order valence-electron chi connectivity index (χ1n) is 7.54. The number of methoxy groups -OCH3 is 2. The van der Waals surface area contributed by atoms with Crippen molar-refractivity contribution in [2.45, 2.75) is 13.3 Å². The van der Waals surface area contributed by atoms with Gasteiger partial charge in [-0.3, -0.25) is 24.1 Å². The van der Waals surface area contributed by atoms with Gasteiger partial charge in [0.25, 0.3) is 0 Å². The van der Waals surface area contributed by atoms with Crippen molar-refractivity contribution in [2.75, 3.05) is 20.8 Å². The van der Waals surface area contributed by atoms with E-state index < -0.39 is 29.5 Å². The van der Waals surface area contributed by atoms with E-state index in [0.29, 0.717) is 5.75 Å². The molecule has 7 nitrogen and oxygen atoms in total. The molecule has 0 bridgehead atoms. The van der Waals surface area contributed by atoms with Crippen LogP contribution in [0.3, 0.4) is 0 Å². The summed E-state index contributed by atoms with van der Waals surface area (Å²) < 4.78 is 9.73. The van der Waals surface area contributed by atoms with Crippen molar-refractivity contribution >= 4 is 23.6 Å². The van der Waals surface area contributed by atoms with E-state index in [2.05, 4.69) is 0 Å². The number of ether oxygens (including phenoxy) is 2. The highest BCUT2D eigenvalue weighted by atomic mass is 16.5. The van der Waals surface area contributed by atoms with E-state index in [1.165, 1.54) is 19.2 Å². The Morgan fingerprint density at radius 2 is 1.83 bits per heavy atom. The number of hydrogen-bond acceptors (Lipinski definition) is 6. The molecule has 1 aromatic rings. The Balaban J connectivity index is 2.35. The van der Waals surface area contributed by atoms with Gasteiger partial charge in [0.1, 0.15) is 11.7 Å². The van der Waals surface area contributed by atoms with Crippen LogP contribution in [0.15, 0.2) is 24.3 Å². The van der Waals surface area contributed by atoms with Gasteiger partial charge >= 0.3 is 5.97 Å². The number of carbonyl (C=O) groups excluding carboxylic acids is 4. The predicted octanol–water partition coefficient (Wildman–Crippen LogP) is 1.06. The van der Waals surface area contributed by atoms with E-state index in [1.54, 1.807) is 19.1 Å². The van der Waals surface area contributed by atoms with Gasteiger partial charge in [-0.15, -0.1) is 0 Å². The standard InChI is InChI=1S/C17H19NO6/c1-4-18-13(19)9-12(16(18)21)14(17(22)24-3)15(20)10-5-7-11(23-2)8-6-10/h5-8,12,14H,4,9H2,1-3H3/t12-,14?/m1/s1. The largest absolute Gasteiger partial charge is 0.497 e. The van der Waals surface area contributed by atoms with Crippen molar-refractivity contribution in [3.05, 3.63) is 29.8 Å². The van der Waals surface area contributed by atoms with Crippen LogP contribution in [0.1, 0.15) is 23.7 Å². The first-order valence-corrected chi connectivity index (χ1v) is 7.54. The molecule has 0 aromatic heterocycles. The zero-order valence-electron chi connectivity index (χ0n) is 13.8. The lowest BCUT2D eigenvalue weighted by atomic mass is 9.84. The minimum atomic E-state index is -1.34. The molecular formula is C17H19NO6. The summed E-state index contributed by atoms with van der Waals surface area (Å²) in [7, 11) is 2.64. The molecule has 1 fully saturated rings. The maximum absolute atomic E-state index is 12.8. The lowest BCUT2D eigenvalue weighted by molar-refractivity contribution is -0.149. The Morgan fingerprint density at radius 1 is 1.21 bits per heavy atom. The number of benzene rings is 1. The number of amides is 2. The molecule has 24 heavy (non-hydrogen) atoms. The summed E-state index contributed by atoms with van der Waals surface area (Å²) in [6, 6.07) is 6.19. The molecule has 1 heterocycles. The van der Waals surface area contributed by atoms with E-state index in [1.807, 2.05) is 0 Å². The van der Waals surface area contributed by atoms with E-state index in [0.717, 1.165) is 12.0 Å². The third kappa shape index (κ3) is 3.15. The number of ketones is 1. The molecule has 128 valence electrons. The van der Waals surface area contributed by atoms with E-state index in [-0.39, 0.29) is 24.4 Å². The quantitative estimate of drug-likeness (QED) is 0.335. The van der Waals surface area contributed by atoms with Gasteiger partial charge in [0.2, 0.25) is 11.8 Å². The van der Waals surface area contributed by atoms with Crippen molar-refractivity contribution in [1.29, 1.82) is 0 Å². The van der Waals surface area contributed by atoms with Crippen LogP contribution in [0, 0.1) is 11.8 Å². The Labute approximate surface area is 139 Å². The van der Waals surface area contributed by atoms with Crippen LogP contribution >= 0.6 is 0 Å². The summed E-state index contributed by atoms with van der Waals surface area (Å²) in [4.78, 5) is 50.2. The highest BCUT2D eigenvalue weighted by Crippen LogP contribution is 2.30. The van der Waals surface area contributed by atoms with Crippen LogP contribution in [0.4, 0.5) is 0 Å². The third-order valence-corrected chi connectivity index (χ3v) is 4.11. The van der Waals surface area contributed by atoms with E-state index >= 15 is 0 Å². The van der Waals surface area contributed by atoms with Crippen molar-refractivity contribution in [2.24, 2.45) is 11.8 Å². The molecular weight excluding hydrogens is 314 g/mol. The Bertz CT molecular complexity index is 666. The third-order valence-electron chi connectivity index (χ3n) is 4.11. The average Bonchev–Trinajstić information content (AvgIpc) is 2.88. The zero-order valence-corrected chi connectivity index (χ0v) is 13.8. The van der Waals surface area contributed by atoms with Crippen LogP contribution in [0.2, 0.25) is 0 Å². The summed E-state index contributed by atoms with van der Waals surface area (Å²) in [6.07, 6.45) is -0.172. The Kier molecular flexibility index (Phi) is 5.33. The second kappa shape index (κ2) is 7.25. The van der Waals surface area contributed by atoms with Gasteiger partial charge in [-0.05, 0) is 31.2 Å². The molecule has 1 aliphatic heterocycles. The van der Waals surface area contributed by atoms with E-state index in [4.69, 9.17) is 9.47 Å². The number of Topliss-reactive ketones (excluding diaryl/α,β-unsaturated/α-hetero) is 1. The molecule has 0 spiro atoms. The fourth-order valence-corrected chi connectivity index (χ4v) is 2.82. The zero-order chi connectivity index (χ0) is 17.9. The fraction of sp³-hybridized carbons (Fsp3) is 0.412. The van der Waals surface area contributed by atoms with Gasteiger partial charge < -0.3 is 9.47 Å². The smallest absolute Gasteiger partial charge is 0.317 e. The Morgan fingerprint density at radius 3 is 2.29 bits per heavy atom. The second-order valence-electron chi connectivity index (χ2n) is 5.38. The van der Waals surface area contributed by atoms with Crippen LogP contribution in [0.25, 0.3) is 0 Å². The van der Waals surface area contributed by atoms with Crippen LogP contribution in [-0.2, 0) is 19.1 Å². The highest BCUT2D eigenvalue weighted by molar-refractivity contribution is 6.14. The minimum absolute atomic E-state index is 0.172. The molecule has 1 unspecified atom stereocenters. The van der Waals surface area contributed by atoms with Crippen LogP contribution in [-0.4, -0.2) is 49.2 Å². The summed E-state index contributed by atoms with van der Waals surface area (Å²) in [5.74, 6) is -4.07. The number of likely N-dealkylation sites (tertiary alicyclic amines) is 1. The molecule has 0 N–H and O–H groups in total. The van der Waals surface area contributed by atoms with Crippen LogP contribution in [0.5, 0.6) is 5.75 Å². The minimum Gasteiger partial charge on any atom is -0.497 e. The number of esters is 1.